The van der Waals surface area contributed by atoms with Gasteiger partial charge in [-0.05, 0) is 56.4 Å². The first-order chi connectivity index (χ1) is 13.7. The summed E-state index contributed by atoms with van der Waals surface area (Å²) in [6, 6.07) is 7.00. The Labute approximate surface area is 164 Å². The second kappa shape index (κ2) is 7.96. The van der Waals surface area contributed by atoms with E-state index in [9.17, 15) is 9.59 Å². The molecule has 4 rings (SSSR count). The molecule has 2 aliphatic heterocycles. The number of anilines is 1. The minimum Gasteiger partial charge on any atom is -0.328 e. The molecule has 1 N–H and O–H groups in total. The van der Waals surface area contributed by atoms with Crippen molar-refractivity contribution in [3.8, 4) is 0 Å². The normalized spacial score (nSPS) is 19.0. The van der Waals surface area contributed by atoms with E-state index >= 15 is 0 Å². The summed E-state index contributed by atoms with van der Waals surface area (Å²) in [7, 11) is 0. The number of aryl methyl sites for hydroxylation is 1. The van der Waals surface area contributed by atoms with Gasteiger partial charge in [-0.25, -0.2) is 0 Å². The van der Waals surface area contributed by atoms with Crippen LogP contribution in [0.5, 0.6) is 0 Å². The molecule has 2 amide bonds. The molecule has 1 unspecified atom stereocenters. The molecule has 0 radical (unpaired) electrons. The molecular weight excluding hydrogens is 354 g/mol. The summed E-state index contributed by atoms with van der Waals surface area (Å²) < 4.78 is 2.21. The lowest BCUT2D eigenvalue weighted by molar-refractivity contribution is -0.111. The predicted octanol–water partition coefficient (Wildman–Crippen LogP) is 3.11. The number of nitrogens with one attached hydrogen (secondary N) is 1. The van der Waals surface area contributed by atoms with Gasteiger partial charge >= 0.3 is 0 Å². The van der Waals surface area contributed by atoms with E-state index in [0.717, 1.165) is 56.7 Å². The molecule has 0 bridgehead atoms. The number of hydrogen-bond donors (Lipinski definition) is 1. The lowest BCUT2D eigenvalue weighted by Gasteiger charge is -2.35. The van der Waals surface area contributed by atoms with Gasteiger partial charge in [0.05, 0.1) is 6.04 Å². The third-order valence-corrected chi connectivity index (χ3v) is 5.51. The van der Waals surface area contributed by atoms with Gasteiger partial charge in [0.2, 0.25) is 5.91 Å². The van der Waals surface area contributed by atoms with Crippen molar-refractivity contribution in [2.75, 3.05) is 11.9 Å². The van der Waals surface area contributed by atoms with E-state index in [0.29, 0.717) is 17.8 Å². The fraction of sp³-hybridized carbons (Fsp3) is 0.429. The average Bonchev–Trinajstić information content (AvgIpc) is 3.17. The van der Waals surface area contributed by atoms with E-state index in [4.69, 9.17) is 0 Å². The Kier molecular flexibility index (Phi) is 5.23. The molecule has 1 aromatic heterocycles. The van der Waals surface area contributed by atoms with E-state index < -0.39 is 0 Å². The number of benzene rings is 1. The molecule has 2 aromatic rings. The maximum Gasteiger partial charge on any atom is 0.254 e. The summed E-state index contributed by atoms with van der Waals surface area (Å²) in [4.78, 5) is 26.8. The zero-order valence-electron chi connectivity index (χ0n) is 15.9. The van der Waals surface area contributed by atoms with Crippen LogP contribution in [0.1, 0.15) is 60.2 Å². The van der Waals surface area contributed by atoms with Gasteiger partial charge in [0, 0.05) is 30.8 Å². The molecule has 1 aromatic carbocycles. The Morgan fingerprint density at radius 1 is 1.14 bits per heavy atom. The van der Waals surface area contributed by atoms with Crippen LogP contribution in [0, 0.1) is 0 Å². The SMILES string of the molecule is C=CC(=O)Nc1cccc(C(=O)N2CCCCC2c2nnc3n2CCCC3)c1. The van der Waals surface area contributed by atoms with Crippen LogP contribution in [0.15, 0.2) is 36.9 Å². The maximum atomic E-state index is 13.3. The third-order valence-electron chi connectivity index (χ3n) is 5.51. The van der Waals surface area contributed by atoms with Gasteiger partial charge in [0.1, 0.15) is 5.82 Å². The van der Waals surface area contributed by atoms with Crippen molar-refractivity contribution < 1.29 is 9.59 Å². The smallest absolute Gasteiger partial charge is 0.254 e. The van der Waals surface area contributed by atoms with Crippen molar-refractivity contribution in [1.82, 2.24) is 19.7 Å². The van der Waals surface area contributed by atoms with Crippen LogP contribution in [0.2, 0.25) is 0 Å². The Morgan fingerprint density at radius 2 is 2.00 bits per heavy atom. The second-order valence-corrected chi connectivity index (χ2v) is 7.37. The number of fused-ring (bicyclic) bond motifs is 1. The van der Waals surface area contributed by atoms with E-state index in [1.165, 1.54) is 6.08 Å². The Hall–Kier alpha value is -2.96. The molecule has 2 aliphatic rings. The number of carbonyl (C=O) groups is 2. The lowest BCUT2D eigenvalue weighted by Crippen LogP contribution is -2.40. The number of likely N-dealkylation sites (tertiary alicyclic amines) is 1. The van der Waals surface area contributed by atoms with Gasteiger partial charge in [0.15, 0.2) is 5.82 Å². The summed E-state index contributed by atoms with van der Waals surface area (Å²) in [6.45, 7) is 5.09. The van der Waals surface area contributed by atoms with Crippen molar-refractivity contribution in [3.05, 3.63) is 54.1 Å². The van der Waals surface area contributed by atoms with Crippen molar-refractivity contribution in [2.45, 2.75) is 51.1 Å². The van der Waals surface area contributed by atoms with Gasteiger partial charge in [-0.15, -0.1) is 10.2 Å². The van der Waals surface area contributed by atoms with Gasteiger partial charge in [-0.2, -0.15) is 0 Å². The summed E-state index contributed by atoms with van der Waals surface area (Å²) in [5.74, 6) is 1.62. The molecule has 1 atom stereocenters. The van der Waals surface area contributed by atoms with E-state index in [2.05, 4.69) is 26.7 Å². The van der Waals surface area contributed by atoms with Gasteiger partial charge in [-0.1, -0.05) is 12.6 Å². The monoisotopic (exact) mass is 379 g/mol. The zero-order chi connectivity index (χ0) is 19.5. The number of amides is 2. The van der Waals surface area contributed by atoms with Crippen molar-refractivity contribution >= 4 is 17.5 Å². The number of carbonyl (C=O) groups excluding carboxylic acids is 2. The maximum absolute atomic E-state index is 13.3. The molecule has 7 nitrogen and oxygen atoms in total. The predicted molar refractivity (Wildman–Crippen MR) is 106 cm³/mol. The van der Waals surface area contributed by atoms with Crippen LogP contribution >= 0.6 is 0 Å². The Bertz CT molecular complexity index is 904. The van der Waals surface area contributed by atoms with E-state index in [1.807, 2.05) is 4.90 Å². The largest absolute Gasteiger partial charge is 0.328 e. The summed E-state index contributed by atoms with van der Waals surface area (Å²) >= 11 is 0. The number of rotatable bonds is 4. The quantitative estimate of drug-likeness (QED) is 0.828. The highest BCUT2D eigenvalue weighted by Gasteiger charge is 2.33. The molecular formula is C21H25N5O2. The Balaban J connectivity index is 1.60. The molecule has 0 saturated carbocycles. The average molecular weight is 379 g/mol. The number of aromatic nitrogens is 3. The molecule has 3 heterocycles. The van der Waals surface area contributed by atoms with E-state index in [-0.39, 0.29) is 17.9 Å². The third kappa shape index (κ3) is 3.56. The molecule has 1 fully saturated rings. The van der Waals surface area contributed by atoms with Crippen LogP contribution in [0.4, 0.5) is 5.69 Å². The summed E-state index contributed by atoms with van der Waals surface area (Å²) in [5, 5.41) is 11.6. The first-order valence-electron chi connectivity index (χ1n) is 9.94. The lowest BCUT2D eigenvalue weighted by atomic mass is 9.99. The molecule has 0 aliphatic carbocycles. The van der Waals surface area contributed by atoms with Gasteiger partial charge < -0.3 is 14.8 Å². The summed E-state index contributed by atoms with van der Waals surface area (Å²) in [5.41, 5.74) is 1.15. The topological polar surface area (TPSA) is 80.1 Å². The fourth-order valence-electron chi connectivity index (χ4n) is 4.11. The van der Waals surface area contributed by atoms with Crippen LogP contribution in [0.25, 0.3) is 0 Å². The minimum absolute atomic E-state index is 0.0347. The van der Waals surface area contributed by atoms with Gasteiger partial charge in [-0.3, -0.25) is 9.59 Å². The number of nitrogens with zero attached hydrogens (tertiary/aromatic N) is 4. The van der Waals surface area contributed by atoms with Crippen LogP contribution in [-0.2, 0) is 17.8 Å². The molecule has 1 saturated heterocycles. The van der Waals surface area contributed by atoms with Gasteiger partial charge in [0.25, 0.3) is 5.91 Å². The highest BCUT2D eigenvalue weighted by molar-refractivity contribution is 6.00. The van der Waals surface area contributed by atoms with Crippen molar-refractivity contribution in [2.24, 2.45) is 0 Å². The van der Waals surface area contributed by atoms with E-state index in [1.54, 1.807) is 24.3 Å². The highest BCUT2D eigenvalue weighted by Crippen LogP contribution is 2.33. The van der Waals surface area contributed by atoms with Crippen LogP contribution < -0.4 is 5.32 Å². The van der Waals surface area contributed by atoms with Crippen LogP contribution in [0.3, 0.4) is 0 Å². The fourth-order valence-corrected chi connectivity index (χ4v) is 4.11. The molecule has 7 heteroatoms. The van der Waals surface area contributed by atoms with Crippen molar-refractivity contribution in [3.63, 3.8) is 0 Å². The molecule has 146 valence electrons. The van der Waals surface area contributed by atoms with Crippen LogP contribution in [-0.4, -0.2) is 38.0 Å². The molecule has 28 heavy (non-hydrogen) atoms. The van der Waals surface area contributed by atoms with Crippen molar-refractivity contribution in [1.29, 1.82) is 0 Å². The summed E-state index contributed by atoms with van der Waals surface area (Å²) in [6.07, 6.45) is 7.40. The first-order valence-corrected chi connectivity index (χ1v) is 9.94. The first kappa shape index (κ1) is 18.4. The number of piperidine rings is 1. The minimum atomic E-state index is -0.296. The Morgan fingerprint density at radius 3 is 2.86 bits per heavy atom. The second-order valence-electron chi connectivity index (χ2n) is 7.37. The molecule has 0 spiro atoms. The standard InChI is InChI=1S/C21H25N5O2/c1-2-19(27)22-16-9-7-8-15(14-16)21(28)25-12-5-3-10-17(25)20-24-23-18-11-4-6-13-26(18)20/h2,7-9,14,17H,1,3-6,10-13H2,(H,22,27). The highest BCUT2D eigenvalue weighted by atomic mass is 16.2. The number of hydrogen-bond acceptors (Lipinski definition) is 4. The zero-order valence-corrected chi connectivity index (χ0v) is 15.9.